The van der Waals surface area contributed by atoms with Crippen LogP contribution in [0.15, 0.2) is 12.2 Å². The Kier molecular flexibility index (Phi) is 3.47. The summed E-state index contributed by atoms with van der Waals surface area (Å²) in [4.78, 5) is 0. The van der Waals surface area contributed by atoms with Crippen molar-refractivity contribution >= 4 is 0 Å². The molecule has 0 aromatic carbocycles. The standard InChI is InChI=1S/C8H14O2/c9-5-1-3-8-4-2-6-10-7-8/h1,3,8-9H,2,4-7H2. The van der Waals surface area contributed by atoms with E-state index in [0.29, 0.717) is 5.92 Å². The summed E-state index contributed by atoms with van der Waals surface area (Å²) in [6, 6.07) is 0. The van der Waals surface area contributed by atoms with Gasteiger partial charge in [0.1, 0.15) is 0 Å². The highest BCUT2D eigenvalue weighted by Gasteiger charge is 2.09. The summed E-state index contributed by atoms with van der Waals surface area (Å²) in [5, 5.41) is 8.47. The summed E-state index contributed by atoms with van der Waals surface area (Å²) in [7, 11) is 0. The fourth-order valence-electron chi connectivity index (χ4n) is 1.17. The first-order valence-electron chi connectivity index (χ1n) is 3.78. The van der Waals surface area contributed by atoms with Crippen molar-refractivity contribution in [1.29, 1.82) is 0 Å². The molecule has 1 aliphatic heterocycles. The van der Waals surface area contributed by atoms with E-state index in [0.717, 1.165) is 19.6 Å². The maximum Gasteiger partial charge on any atom is 0.0612 e. The third kappa shape index (κ3) is 2.50. The van der Waals surface area contributed by atoms with Crippen molar-refractivity contribution < 1.29 is 9.84 Å². The van der Waals surface area contributed by atoms with Crippen LogP contribution in [0, 0.1) is 5.92 Å². The molecule has 1 heterocycles. The minimum atomic E-state index is 0.149. The van der Waals surface area contributed by atoms with Gasteiger partial charge in [0.05, 0.1) is 13.2 Å². The van der Waals surface area contributed by atoms with E-state index in [1.54, 1.807) is 6.08 Å². The summed E-state index contributed by atoms with van der Waals surface area (Å²) in [5.41, 5.74) is 0. The number of hydrogen-bond acceptors (Lipinski definition) is 2. The Balaban J connectivity index is 2.19. The lowest BCUT2D eigenvalue weighted by molar-refractivity contribution is 0.0708. The van der Waals surface area contributed by atoms with E-state index in [9.17, 15) is 0 Å². The molecule has 2 nitrogen and oxygen atoms in total. The van der Waals surface area contributed by atoms with Crippen molar-refractivity contribution in [1.82, 2.24) is 0 Å². The molecule has 0 aliphatic carbocycles. The van der Waals surface area contributed by atoms with Crippen molar-refractivity contribution in [2.24, 2.45) is 5.92 Å². The molecule has 0 radical (unpaired) electrons. The number of aliphatic hydroxyl groups is 1. The summed E-state index contributed by atoms with van der Waals surface area (Å²) in [6.07, 6.45) is 6.19. The van der Waals surface area contributed by atoms with Gasteiger partial charge in [-0.15, -0.1) is 0 Å². The van der Waals surface area contributed by atoms with Gasteiger partial charge in [-0.2, -0.15) is 0 Å². The third-order valence-electron chi connectivity index (χ3n) is 1.71. The highest BCUT2D eigenvalue weighted by atomic mass is 16.5. The number of aliphatic hydroxyl groups excluding tert-OH is 1. The van der Waals surface area contributed by atoms with Gasteiger partial charge < -0.3 is 9.84 Å². The molecule has 0 saturated carbocycles. The Morgan fingerprint density at radius 1 is 1.60 bits per heavy atom. The molecular weight excluding hydrogens is 128 g/mol. The second kappa shape index (κ2) is 4.47. The molecule has 0 aromatic heterocycles. The maximum absolute atomic E-state index is 8.47. The number of rotatable bonds is 2. The van der Waals surface area contributed by atoms with Gasteiger partial charge in [-0.05, 0) is 12.8 Å². The fraction of sp³-hybridized carbons (Fsp3) is 0.750. The van der Waals surface area contributed by atoms with Crippen LogP contribution in [-0.4, -0.2) is 24.9 Å². The van der Waals surface area contributed by atoms with Crippen molar-refractivity contribution in [3.63, 3.8) is 0 Å². The lowest BCUT2D eigenvalue weighted by Gasteiger charge is -2.18. The van der Waals surface area contributed by atoms with Crippen LogP contribution in [0.3, 0.4) is 0 Å². The smallest absolute Gasteiger partial charge is 0.0612 e. The summed E-state index contributed by atoms with van der Waals surface area (Å²) in [5.74, 6) is 0.542. The Morgan fingerprint density at radius 3 is 3.10 bits per heavy atom. The molecule has 1 fully saturated rings. The topological polar surface area (TPSA) is 29.5 Å². The molecule has 2 heteroatoms. The van der Waals surface area contributed by atoms with Crippen LogP contribution in [0.2, 0.25) is 0 Å². The zero-order valence-corrected chi connectivity index (χ0v) is 6.12. The quantitative estimate of drug-likeness (QED) is 0.582. The van der Waals surface area contributed by atoms with Gasteiger partial charge in [-0.1, -0.05) is 12.2 Å². The average Bonchev–Trinajstić information content (AvgIpc) is 2.03. The fourth-order valence-corrected chi connectivity index (χ4v) is 1.17. The van der Waals surface area contributed by atoms with Crippen LogP contribution in [0.1, 0.15) is 12.8 Å². The molecule has 1 atom stereocenters. The van der Waals surface area contributed by atoms with E-state index < -0.39 is 0 Å². The van der Waals surface area contributed by atoms with Gasteiger partial charge in [0.15, 0.2) is 0 Å². The van der Waals surface area contributed by atoms with E-state index in [2.05, 4.69) is 0 Å². The minimum Gasteiger partial charge on any atom is -0.392 e. The van der Waals surface area contributed by atoms with Gasteiger partial charge in [-0.3, -0.25) is 0 Å². The molecule has 1 saturated heterocycles. The van der Waals surface area contributed by atoms with E-state index in [-0.39, 0.29) is 6.61 Å². The van der Waals surface area contributed by atoms with Crippen LogP contribution in [-0.2, 0) is 4.74 Å². The Labute approximate surface area is 61.5 Å². The highest BCUT2D eigenvalue weighted by Crippen LogP contribution is 2.13. The average molecular weight is 142 g/mol. The Bertz CT molecular complexity index is 104. The van der Waals surface area contributed by atoms with Gasteiger partial charge in [0.2, 0.25) is 0 Å². The molecule has 10 heavy (non-hydrogen) atoms. The summed E-state index contributed by atoms with van der Waals surface area (Å²) >= 11 is 0. The number of ether oxygens (including phenoxy) is 1. The van der Waals surface area contributed by atoms with Crippen LogP contribution < -0.4 is 0 Å². The van der Waals surface area contributed by atoms with Crippen molar-refractivity contribution in [3.8, 4) is 0 Å². The summed E-state index contributed by atoms with van der Waals surface area (Å²) in [6.45, 7) is 1.89. The van der Waals surface area contributed by atoms with Crippen molar-refractivity contribution in [2.75, 3.05) is 19.8 Å². The van der Waals surface area contributed by atoms with Gasteiger partial charge in [-0.25, -0.2) is 0 Å². The van der Waals surface area contributed by atoms with E-state index in [1.807, 2.05) is 6.08 Å². The first-order valence-corrected chi connectivity index (χ1v) is 3.78. The Morgan fingerprint density at radius 2 is 2.50 bits per heavy atom. The molecule has 1 N–H and O–H groups in total. The van der Waals surface area contributed by atoms with E-state index >= 15 is 0 Å². The molecular formula is C8H14O2. The molecule has 58 valence electrons. The Hall–Kier alpha value is -0.340. The number of hydrogen-bond donors (Lipinski definition) is 1. The minimum absolute atomic E-state index is 0.149. The van der Waals surface area contributed by atoms with E-state index in [1.165, 1.54) is 6.42 Å². The second-order valence-electron chi connectivity index (χ2n) is 2.59. The zero-order valence-electron chi connectivity index (χ0n) is 6.12. The van der Waals surface area contributed by atoms with Gasteiger partial charge in [0, 0.05) is 12.5 Å². The first-order chi connectivity index (χ1) is 4.93. The third-order valence-corrected chi connectivity index (χ3v) is 1.71. The zero-order chi connectivity index (χ0) is 7.23. The van der Waals surface area contributed by atoms with E-state index in [4.69, 9.17) is 9.84 Å². The summed E-state index contributed by atoms with van der Waals surface area (Å²) < 4.78 is 5.25. The second-order valence-corrected chi connectivity index (χ2v) is 2.59. The molecule has 0 amide bonds. The predicted octanol–water partition coefficient (Wildman–Crippen LogP) is 0.962. The lowest BCUT2D eigenvalue weighted by Crippen LogP contribution is -2.14. The molecule has 1 unspecified atom stereocenters. The molecule has 1 rings (SSSR count). The SMILES string of the molecule is OCC=CC1CCCOC1. The normalized spacial score (nSPS) is 27.5. The molecule has 0 spiro atoms. The van der Waals surface area contributed by atoms with Gasteiger partial charge in [0.25, 0.3) is 0 Å². The predicted molar refractivity (Wildman–Crippen MR) is 39.8 cm³/mol. The van der Waals surface area contributed by atoms with Crippen LogP contribution in [0.4, 0.5) is 0 Å². The molecule has 0 aromatic rings. The largest absolute Gasteiger partial charge is 0.392 e. The monoisotopic (exact) mass is 142 g/mol. The first kappa shape index (κ1) is 7.76. The van der Waals surface area contributed by atoms with Gasteiger partial charge >= 0.3 is 0 Å². The van der Waals surface area contributed by atoms with Crippen LogP contribution in [0.5, 0.6) is 0 Å². The van der Waals surface area contributed by atoms with Crippen LogP contribution >= 0.6 is 0 Å². The molecule has 0 bridgehead atoms. The lowest BCUT2D eigenvalue weighted by atomic mass is 10.0. The van der Waals surface area contributed by atoms with Crippen molar-refractivity contribution in [2.45, 2.75) is 12.8 Å². The molecule has 1 aliphatic rings. The van der Waals surface area contributed by atoms with Crippen LogP contribution in [0.25, 0.3) is 0 Å². The maximum atomic E-state index is 8.47. The highest BCUT2D eigenvalue weighted by molar-refractivity contribution is 4.88. The van der Waals surface area contributed by atoms with Crippen molar-refractivity contribution in [3.05, 3.63) is 12.2 Å².